The molecule has 8 aromatic carbocycles. The third kappa shape index (κ3) is 8.12. The highest BCUT2D eigenvalue weighted by atomic mass is 14.5. The zero-order valence-electron chi connectivity index (χ0n) is 27.6. The van der Waals surface area contributed by atoms with Crippen molar-refractivity contribution >= 4 is 0 Å². The van der Waals surface area contributed by atoms with Crippen LogP contribution in [0, 0.1) is 0 Å². The molecule has 62 heavy (non-hydrogen) atoms. The Labute approximate surface area is 382 Å². The topological polar surface area (TPSA) is 0 Å². The van der Waals surface area contributed by atoms with Gasteiger partial charge < -0.3 is 0 Å². The van der Waals surface area contributed by atoms with Crippen molar-refractivity contribution in [2.75, 3.05) is 0 Å². The first-order valence-electron chi connectivity index (χ1n) is 17.5. The molecule has 0 atom stereocenters. The average Bonchev–Trinajstić information content (AvgIpc) is 3.80. The van der Waals surface area contributed by atoms with Gasteiger partial charge in [0.2, 0.25) is 0 Å². The Kier molecular flexibility index (Phi) is 22.9. The first-order valence-corrected chi connectivity index (χ1v) is 17.5. The minimum Gasteiger partial charge on any atom is -0.0776 e. The molecule has 0 aliphatic heterocycles. The van der Waals surface area contributed by atoms with Gasteiger partial charge in [-0.1, -0.05) is 295 Å². The maximum absolute atomic E-state index is 2.31. The van der Waals surface area contributed by atoms with Crippen molar-refractivity contribution < 1.29 is 0 Å². The summed E-state index contributed by atoms with van der Waals surface area (Å²) in [6.45, 7) is 0. The summed E-state index contributed by atoms with van der Waals surface area (Å²) in [6, 6.07) is 75.1. The molecule has 0 saturated heterocycles. The van der Waals surface area contributed by atoms with Gasteiger partial charge in [0, 0.05) is 0 Å². The normalized spacial score (nSPS) is 11.5. The smallest absolute Gasteiger partial charge is 0.0725 e. The Balaban J connectivity index is -0.000000941. The van der Waals surface area contributed by atoms with Crippen LogP contribution in [0.2, 0.25) is 0 Å². The first-order chi connectivity index (χ1) is 24.8. The Bertz CT molecular complexity index is 2140. The molecule has 0 amide bonds. The fraction of sp³-hybridized carbons (Fsp3) is 0.226. The minimum absolute atomic E-state index is 0. The summed E-state index contributed by atoms with van der Waals surface area (Å²) in [4.78, 5) is 0. The second-order valence-corrected chi connectivity index (χ2v) is 13.5. The molecule has 330 valence electrons. The van der Waals surface area contributed by atoms with Crippen molar-refractivity contribution in [3.05, 3.63) is 251 Å². The van der Waals surface area contributed by atoms with Crippen molar-refractivity contribution in [1.29, 1.82) is 0 Å². The quantitative estimate of drug-likeness (QED) is 0.163. The molecule has 0 radical (unpaired) electrons. The van der Waals surface area contributed by atoms with Crippen molar-refractivity contribution in [3.63, 3.8) is 0 Å². The largest absolute Gasteiger partial charge is 0.0776 e. The maximum atomic E-state index is 2.31. The van der Waals surface area contributed by atoms with E-state index in [1.54, 1.807) is 0 Å². The SMILES string of the molecule is C.C.C.C.C.C.C.C.C.C.C.C.c1ccc(C2(c3ccccc3)c3ccccc3-c3ccccc32)cc1.c1ccc2c(c1)-c1ccccc1C21c2ccccc2-c2ccccc21. The molecule has 0 heteroatoms. The van der Waals surface area contributed by atoms with Crippen LogP contribution in [0.15, 0.2) is 206 Å². The van der Waals surface area contributed by atoms with Crippen LogP contribution < -0.4 is 0 Å². The van der Waals surface area contributed by atoms with Crippen LogP contribution in [-0.2, 0) is 10.8 Å². The van der Waals surface area contributed by atoms with E-state index in [0.29, 0.717) is 0 Å². The van der Waals surface area contributed by atoms with E-state index in [4.69, 9.17) is 0 Å². The van der Waals surface area contributed by atoms with Crippen molar-refractivity contribution in [2.24, 2.45) is 0 Å². The summed E-state index contributed by atoms with van der Waals surface area (Å²) in [5, 5.41) is 0. The van der Waals surface area contributed by atoms with Crippen molar-refractivity contribution in [1.82, 2.24) is 0 Å². The molecule has 1 spiro atoms. The van der Waals surface area contributed by atoms with Gasteiger partial charge in [-0.05, 0) is 77.9 Å². The lowest BCUT2D eigenvalue weighted by atomic mass is 9.68. The van der Waals surface area contributed by atoms with Gasteiger partial charge in [-0.3, -0.25) is 0 Å². The van der Waals surface area contributed by atoms with Crippen LogP contribution in [0.5, 0.6) is 0 Å². The fourth-order valence-corrected chi connectivity index (χ4v) is 9.45. The summed E-state index contributed by atoms with van der Waals surface area (Å²) in [5.41, 5.74) is 18.7. The molecule has 0 N–H and O–H groups in total. The third-order valence-electron chi connectivity index (χ3n) is 11.3. The van der Waals surface area contributed by atoms with Gasteiger partial charge in [0.05, 0.1) is 10.8 Å². The van der Waals surface area contributed by atoms with Gasteiger partial charge in [-0.15, -0.1) is 0 Å². The van der Waals surface area contributed by atoms with E-state index in [1.807, 2.05) is 0 Å². The number of rotatable bonds is 2. The summed E-state index contributed by atoms with van der Waals surface area (Å²) >= 11 is 0. The first kappa shape index (κ1) is 60.1. The predicted octanol–water partition coefficient (Wildman–Crippen LogP) is 19.7. The zero-order chi connectivity index (χ0) is 33.1. The molecule has 3 aliphatic carbocycles. The van der Waals surface area contributed by atoms with E-state index >= 15 is 0 Å². The molecule has 11 rings (SSSR count). The van der Waals surface area contributed by atoms with E-state index in [0.717, 1.165) is 0 Å². The zero-order valence-corrected chi connectivity index (χ0v) is 27.6. The Morgan fingerprint density at radius 3 is 0.532 bits per heavy atom. The molecular formula is C62H82. The van der Waals surface area contributed by atoms with Gasteiger partial charge in [-0.25, -0.2) is 0 Å². The lowest BCUT2D eigenvalue weighted by Crippen LogP contribution is -2.28. The highest BCUT2D eigenvalue weighted by Crippen LogP contribution is 2.62. The molecular weight excluding hydrogens is 745 g/mol. The van der Waals surface area contributed by atoms with Crippen LogP contribution in [0.3, 0.4) is 0 Å². The van der Waals surface area contributed by atoms with E-state index in [2.05, 4.69) is 206 Å². The molecule has 0 fully saturated rings. The molecule has 0 saturated carbocycles. The van der Waals surface area contributed by atoms with Gasteiger partial charge in [0.15, 0.2) is 0 Å². The van der Waals surface area contributed by atoms with Gasteiger partial charge in [0.1, 0.15) is 0 Å². The summed E-state index contributed by atoms with van der Waals surface area (Å²) in [7, 11) is 0. The van der Waals surface area contributed by atoms with Crippen LogP contribution >= 0.6 is 0 Å². The van der Waals surface area contributed by atoms with E-state index < -0.39 is 0 Å². The highest BCUT2D eigenvalue weighted by Gasteiger charge is 2.51. The van der Waals surface area contributed by atoms with Crippen LogP contribution in [0.25, 0.3) is 33.4 Å². The summed E-state index contributed by atoms with van der Waals surface area (Å²) in [6.07, 6.45) is 0. The van der Waals surface area contributed by atoms with Crippen molar-refractivity contribution in [3.8, 4) is 33.4 Å². The lowest BCUT2D eigenvalue weighted by Gasteiger charge is -2.33. The monoisotopic (exact) mass is 827 g/mol. The predicted molar refractivity (Wildman–Crippen MR) is 287 cm³/mol. The maximum Gasteiger partial charge on any atom is 0.0725 e. The molecule has 0 aromatic heterocycles. The molecule has 0 heterocycles. The molecule has 0 nitrogen and oxygen atoms in total. The fourth-order valence-electron chi connectivity index (χ4n) is 9.45. The van der Waals surface area contributed by atoms with E-state index in [9.17, 15) is 0 Å². The van der Waals surface area contributed by atoms with Crippen LogP contribution in [-0.4, -0.2) is 0 Å². The molecule has 0 bridgehead atoms. The van der Waals surface area contributed by atoms with Gasteiger partial charge in [-0.2, -0.15) is 0 Å². The third-order valence-corrected chi connectivity index (χ3v) is 11.3. The molecule has 0 unspecified atom stereocenters. The molecule has 8 aromatic rings. The lowest BCUT2D eigenvalue weighted by molar-refractivity contribution is 0.768. The Morgan fingerprint density at radius 1 is 0.161 bits per heavy atom. The summed E-state index contributed by atoms with van der Waals surface area (Å²) < 4.78 is 0. The van der Waals surface area contributed by atoms with Crippen LogP contribution in [0.4, 0.5) is 0 Å². The second kappa shape index (κ2) is 23.7. The number of benzene rings is 8. The number of hydrogen-bond donors (Lipinski definition) is 0. The number of hydrogen-bond acceptors (Lipinski definition) is 0. The van der Waals surface area contributed by atoms with Gasteiger partial charge >= 0.3 is 0 Å². The standard InChI is InChI=1S/C25H16.C25H18.12CH4/c1-5-13-21-17(9-1)18-10-2-6-14-22(18)25(21)23-15-7-3-11-19(23)20-12-4-8-16-24(20)25;1-3-11-19(12-4-1)25(20-13-5-2-6-14-20)23-17-9-7-15-21(23)22-16-8-10-18-24(22)25;;;;;;;;;;;;/h1-16H;1-18H;12*1H4. The highest BCUT2D eigenvalue weighted by molar-refractivity contribution is 5.95. The average molecular weight is 827 g/mol. The Morgan fingerprint density at radius 2 is 0.323 bits per heavy atom. The summed E-state index contributed by atoms with van der Waals surface area (Å²) in [5.74, 6) is 0. The van der Waals surface area contributed by atoms with Crippen molar-refractivity contribution in [2.45, 2.75) is 99.9 Å². The number of fused-ring (bicyclic) bond motifs is 13. The van der Waals surface area contributed by atoms with Crippen LogP contribution in [0.1, 0.15) is 134 Å². The minimum atomic E-state index is -0.254. The molecule has 3 aliphatic rings. The van der Waals surface area contributed by atoms with Gasteiger partial charge in [0.25, 0.3) is 0 Å². The van der Waals surface area contributed by atoms with E-state index in [1.165, 1.54) is 77.9 Å². The Hall–Kier alpha value is -6.24. The second-order valence-electron chi connectivity index (χ2n) is 13.5. The van der Waals surface area contributed by atoms with E-state index in [-0.39, 0.29) is 99.9 Å².